The van der Waals surface area contributed by atoms with E-state index in [1.54, 1.807) is 12.1 Å². The molecule has 2 fully saturated rings. The lowest BCUT2D eigenvalue weighted by Gasteiger charge is -2.17. The predicted molar refractivity (Wildman–Crippen MR) is 83.4 cm³/mol. The normalized spacial score (nSPS) is 26.1. The quantitative estimate of drug-likeness (QED) is 0.848. The van der Waals surface area contributed by atoms with Crippen molar-refractivity contribution in [2.45, 2.75) is 62.6 Å². The first-order valence-electron chi connectivity index (χ1n) is 7.89. The topological polar surface area (TPSA) is 58.2 Å². The summed E-state index contributed by atoms with van der Waals surface area (Å²) in [5.41, 5.74) is 1.03. The molecule has 4 nitrogen and oxygen atoms in total. The van der Waals surface area contributed by atoms with Crippen molar-refractivity contribution >= 4 is 10.0 Å². The van der Waals surface area contributed by atoms with Crippen LogP contribution in [0.3, 0.4) is 0 Å². The van der Waals surface area contributed by atoms with Gasteiger partial charge in [0.05, 0.1) is 4.90 Å². The lowest BCUT2D eigenvalue weighted by molar-refractivity contribution is 0.476. The summed E-state index contributed by atoms with van der Waals surface area (Å²) < 4.78 is 27.9. The zero-order valence-electron chi connectivity index (χ0n) is 12.5. The third kappa shape index (κ3) is 3.84. The van der Waals surface area contributed by atoms with Crippen LogP contribution in [0, 0.1) is 5.92 Å². The molecule has 2 aliphatic carbocycles. The standard InChI is InChI=1S/C16H24N2O2S/c1-12-4-2-7-16(12)18-21(19,20)15-6-3-5-13(10-15)11-17-14-8-9-14/h3,5-6,10,12,14,16-18H,2,4,7-9,11H2,1H3. The molecule has 2 atom stereocenters. The van der Waals surface area contributed by atoms with Gasteiger partial charge in [0.15, 0.2) is 0 Å². The molecule has 2 aliphatic rings. The van der Waals surface area contributed by atoms with Crippen LogP contribution in [0.25, 0.3) is 0 Å². The molecule has 0 saturated heterocycles. The molecule has 1 aromatic rings. The van der Waals surface area contributed by atoms with Crippen LogP contribution in [0.1, 0.15) is 44.6 Å². The van der Waals surface area contributed by atoms with Gasteiger partial charge in [-0.15, -0.1) is 0 Å². The first kappa shape index (κ1) is 15.0. The van der Waals surface area contributed by atoms with Gasteiger partial charge in [-0.1, -0.05) is 25.5 Å². The van der Waals surface area contributed by atoms with Gasteiger partial charge in [0.1, 0.15) is 0 Å². The smallest absolute Gasteiger partial charge is 0.240 e. The molecule has 0 amide bonds. The first-order chi connectivity index (χ1) is 10.0. The van der Waals surface area contributed by atoms with E-state index in [4.69, 9.17) is 0 Å². The van der Waals surface area contributed by atoms with E-state index in [0.717, 1.165) is 31.4 Å². The molecule has 21 heavy (non-hydrogen) atoms. The SMILES string of the molecule is CC1CCCC1NS(=O)(=O)c1cccc(CNC2CC2)c1. The highest BCUT2D eigenvalue weighted by Crippen LogP contribution is 2.26. The zero-order chi connectivity index (χ0) is 14.9. The minimum atomic E-state index is -3.40. The van der Waals surface area contributed by atoms with E-state index in [2.05, 4.69) is 17.0 Å². The second-order valence-corrected chi connectivity index (χ2v) is 8.15. The van der Waals surface area contributed by atoms with Gasteiger partial charge in [-0.05, 0) is 49.3 Å². The molecular formula is C16H24N2O2S. The van der Waals surface area contributed by atoms with Crippen LogP contribution < -0.4 is 10.0 Å². The molecular weight excluding hydrogens is 284 g/mol. The minimum Gasteiger partial charge on any atom is -0.310 e. The van der Waals surface area contributed by atoms with Gasteiger partial charge in [-0.3, -0.25) is 0 Å². The molecule has 5 heteroatoms. The average molecular weight is 308 g/mol. The Labute approximate surface area is 127 Å². The van der Waals surface area contributed by atoms with E-state index in [9.17, 15) is 8.42 Å². The van der Waals surface area contributed by atoms with Gasteiger partial charge in [0.25, 0.3) is 0 Å². The van der Waals surface area contributed by atoms with Gasteiger partial charge in [0, 0.05) is 18.6 Å². The highest BCUT2D eigenvalue weighted by molar-refractivity contribution is 7.89. The molecule has 2 unspecified atom stereocenters. The Morgan fingerprint density at radius 1 is 1.19 bits per heavy atom. The molecule has 116 valence electrons. The second kappa shape index (κ2) is 6.07. The number of benzene rings is 1. The van der Waals surface area contributed by atoms with Gasteiger partial charge in [-0.2, -0.15) is 0 Å². The van der Waals surface area contributed by atoms with Crippen LogP contribution in [0.15, 0.2) is 29.2 Å². The third-order valence-corrected chi connectivity index (χ3v) is 6.04. The van der Waals surface area contributed by atoms with E-state index in [0.29, 0.717) is 16.9 Å². The molecule has 3 rings (SSSR count). The summed E-state index contributed by atoms with van der Waals surface area (Å²) in [5, 5.41) is 3.42. The Balaban J connectivity index is 1.69. The number of hydrogen-bond donors (Lipinski definition) is 2. The first-order valence-corrected chi connectivity index (χ1v) is 9.37. The van der Waals surface area contributed by atoms with Crippen LogP contribution in [-0.2, 0) is 16.6 Å². The predicted octanol–water partition coefficient (Wildman–Crippen LogP) is 2.41. The lowest BCUT2D eigenvalue weighted by atomic mass is 10.1. The Morgan fingerprint density at radius 2 is 2.00 bits per heavy atom. The van der Waals surface area contributed by atoms with E-state index in [-0.39, 0.29) is 6.04 Å². The highest BCUT2D eigenvalue weighted by atomic mass is 32.2. The van der Waals surface area contributed by atoms with E-state index in [1.807, 2.05) is 12.1 Å². The van der Waals surface area contributed by atoms with Crippen LogP contribution in [0.5, 0.6) is 0 Å². The van der Waals surface area contributed by atoms with Crippen molar-refractivity contribution in [1.29, 1.82) is 0 Å². The maximum Gasteiger partial charge on any atom is 0.240 e. The van der Waals surface area contributed by atoms with Gasteiger partial charge >= 0.3 is 0 Å². The summed E-state index contributed by atoms with van der Waals surface area (Å²) in [6.45, 7) is 2.87. The third-order valence-electron chi connectivity index (χ3n) is 4.55. The Morgan fingerprint density at radius 3 is 2.67 bits per heavy atom. The van der Waals surface area contributed by atoms with Crippen molar-refractivity contribution in [3.8, 4) is 0 Å². The molecule has 0 aromatic heterocycles. The molecule has 0 aliphatic heterocycles. The van der Waals surface area contributed by atoms with Crippen LogP contribution in [-0.4, -0.2) is 20.5 Å². The van der Waals surface area contributed by atoms with E-state index in [1.165, 1.54) is 12.8 Å². The average Bonchev–Trinajstić information content (AvgIpc) is 3.21. The fourth-order valence-electron chi connectivity index (χ4n) is 2.96. The summed E-state index contributed by atoms with van der Waals surface area (Å²) in [5.74, 6) is 0.430. The summed E-state index contributed by atoms with van der Waals surface area (Å²) in [6.07, 6.45) is 5.64. The molecule has 0 bridgehead atoms. The van der Waals surface area contributed by atoms with Gasteiger partial charge in [-0.25, -0.2) is 13.1 Å². The second-order valence-electron chi connectivity index (χ2n) is 6.44. The Kier molecular flexibility index (Phi) is 4.33. The van der Waals surface area contributed by atoms with Crippen molar-refractivity contribution < 1.29 is 8.42 Å². The van der Waals surface area contributed by atoms with Crippen molar-refractivity contribution in [1.82, 2.24) is 10.0 Å². The molecule has 0 heterocycles. The monoisotopic (exact) mass is 308 g/mol. The maximum absolute atomic E-state index is 12.5. The van der Waals surface area contributed by atoms with Gasteiger partial charge in [0.2, 0.25) is 10.0 Å². The van der Waals surface area contributed by atoms with Crippen molar-refractivity contribution in [3.05, 3.63) is 29.8 Å². The molecule has 2 N–H and O–H groups in total. The summed E-state index contributed by atoms with van der Waals surface area (Å²) >= 11 is 0. The largest absolute Gasteiger partial charge is 0.310 e. The van der Waals surface area contributed by atoms with Crippen molar-refractivity contribution in [2.75, 3.05) is 0 Å². The number of rotatable bonds is 6. The van der Waals surface area contributed by atoms with Crippen molar-refractivity contribution in [2.24, 2.45) is 5.92 Å². The summed E-state index contributed by atoms with van der Waals surface area (Å²) in [4.78, 5) is 0.386. The summed E-state index contributed by atoms with van der Waals surface area (Å²) in [7, 11) is -3.40. The Hall–Kier alpha value is -0.910. The van der Waals surface area contributed by atoms with Crippen LogP contribution in [0.2, 0.25) is 0 Å². The fraction of sp³-hybridized carbons (Fsp3) is 0.625. The molecule has 0 spiro atoms. The van der Waals surface area contributed by atoms with Crippen molar-refractivity contribution in [3.63, 3.8) is 0 Å². The number of sulfonamides is 1. The summed E-state index contributed by atoms with van der Waals surface area (Å²) in [6, 6.07) is 7.99. The molecule has 1 aromatic carbocycles. The fourth-order valence-corrected chi connectivity index (χ4v) is 4.41. The molecule has 2 saturated carbocycles. The van der Waals surface area contributed by atoms with Gasteiger partial charge < -0.3 is 5.32 Å². The van der Waals surface area contributed by atoms with Crippen LogP contribution in [0.4, 0.5) is 0 Å². The minimum absolute atomic E-state index is 0.0863. The maximum atomic E-state index is 12.5. The van der Waals surface area contributed by atoms with Crippen LogP contribution >= 0.6 is 0 Å². The highest BCUT2D eigenvalue weighted by Gasteiger charge is 2.28. The zero-order valence-corrected chi connectivity index (χ0v) is 13.3. The van der Waals surface area contributed by atoms with E-state index < -0.39 is 10.0 Å². The Bertz CT molecular complexity index is 596. The lowest BCUT2D eigenvalue weighted by Crippen LogP contribution is -2.36. The number of nitrogens with one attached hydrogen (secondary N) is 2. The molecule has 0 radical (unpaired) electrons. The number of hydrogen-bond acceptors (Lipinski definition) is 3. The van der Waals surface area contributed by atoms with E-state index >= 15 is 0 Å².